The molecule has 7 heteroatoms. The van der Waals surface area contributed by atoms with Gasteiger partial charge in [0.2, 0.25) is 5.89 Å². The van der Waals surface area contributed by atoms with E-state index in [4.69, 9.17) is 4.52 Å². The van der Waals surface area contributed by atoms with Crippen molar-refractivity contribution in [1.29, 1.82) is 0 Å². The number of aliphatic imine (C=N–C) groups is 1. The van der Waals surface area contributed by atoms with Crippen LogP contribution in [0.1, 0.15) is 23.5 Å². The predicted octanol–water partition coefficient (Wildman–Crippen LogP) is 2.12. The van der Waals surface area contributed by atoms with Gasteiger partial charge in [-0.1, -0.05) is 11.2 Å². The second kappa shape index (κ2) is 8.53. The summed E-state index contributed by atoms with van der Waals surface area (Å²) in [5.41, 5.74) is 0. The van der Waals surface area contributed by atoms with E-state index in [1.165, 1.54) is 4.88 Å². The molecule has 2 aromatic heterocycles. The average Bonchev–Trinajstić information content (AvgIpc) is 3.15. The van der Waals surface area contributed by atoms with Crippen LogP contribution in [0.4, 0.5) is 0 Å². The smallest absolute Gasteiger partial charge is 0.228 e. The first-order valence-electron chi connectivity index (χ1n) is 7.50. The highest BCUT2D eigenvalue weighted by Gasteiger charge is 2.07. The number of nitrogens with zero attached hydrogens (tertiary/aromatic N) is 4. The Bertz CT molecular complexity index is 579. The van der Waals surface area contributed by atoms with Crippen LogP contribution in [0.5, 0.6) is 0 Å². The predicted molar refractivity (Wildman–Crippen MR) is 89.4 cm³/mol. The molecule has 120 valence electrons. The summed E-state index contributed by atoms with van der Waals surface area (Å²) in [6.45, 7) is 6.31. The number of hydrogen-bond donors (Lipinski definition) is 1. The van der Waals surface area contributed by atoms with Crippen molar-refractivity contribution in [2.45, 2.75) is 26.7 Å². The van der Waals surface area contributed by atoms with Crippen molar-refractivity contribution in [2.75, 3.05) is 26.7 Å². The van der Waals surface area contributed by atoms with Crippen molar-refractivity contribution < 1.29 is 4.52 Å². The minimum Gasteiger partial charge on any atom is -0.357 e. The molecule has 22 heavy (non-hydrogen) atoms. The molecule has 0 saturated carbocycles. The molecule has 0 saturated heterocycles. The van der Waals surface area contributed by atoms with Crippen molar-refractivity contribution >= 4 is 17.3 Å². The summed E-state index contributed by atoms with van der Waals surface area (Å²) in [6.07, 6.45) is 1.69. The van der Waals surface area contributed by atoms with Crippen LogP contribution in [0.15, 0.2) is 27.0 Å². The van der Waals surface area contributed by atoms with Crippen LogP contribution in [0.3, 0.4) is 0 Å². The van der Waals surface area contributed by atoms with Crippen LogP contribution >= 0.6 is 11.3 Å². The molecule has 0 radical (unpaired) electrons. The van der Waals surface area contributed by atoms with Gasteiger partial charge in [-0.2, -0.15) is 4.98 Å². The van der Waals surface area contributed by atoms with Crippen LogP contribution < -0.4 is 5.32 Å². The lowest BCUT2D eigenvalue weighted by atomic mass is 10.3. The molecule has 0 aliphatic heterocycles. The zero-order valence-electron chi connectivity index (χ0n) is 13.4. The summed E-state index contributed by atoms with van der Waals surface area (Å²) < 4.78 is 5.10. The topological polar surface area (TPSA) is 66.5 Å². The Morgan fingerprint density at radius 2 is 2.32 bits per heavy atom. The van der Waals surface area contributed by atoms with E-state index in [1.807, 2.05) is 6.92 Å². The lowest BCUT2D eigenvalue weighted by Crippen LogP contribution is -2.40. The Balaban J connectivity index is 1.85. The van der Waals surface area contributed by atoms with E-state index in [0.29, 0.717) is 24.7 Å². The lowest BCUT2D eigenvalue weighted by molar-refractivity contribution is 0.375. The van der Waals surface area contributed by atoms with Crippen molar-refractivity contribution in [3.63, 3.8) is 0 Å². The molecule has 0 fully saturated rings. The van der Waals surface area contributed by atoms with Crippen molar-refractivity contribution in [1.82, 2.24) is 20.4 Å². The minimum absolute atomic E-state index is 0.632. The minimum atomic E-state index is 0.632. The largest absolute Gasteiger partial charge is 0.357 e. The second-order valence-electron chi connectivity index (χ2n) is 4.97. The summed E-state index contributed by atoms with van der Waals surface area (Å²) in [5.74, 6) is 2.22. The third-order valence-corrected chi connectivity index (χ3v) is 4.06. The zero-order chi connectivity index (χ0) is 15.8. The standard InChI is InChI=1S/C15H23N5OS/c1-4-16-15(17-9-7-14-18-12(2)19-21-14)20(3)10-8-13-6-5-11-22-13/h5-6,11H,4,7-10H2,1-3H3,(H,16,17). The summed E-state index contributed by atoms with van der Waals surface area (Å²) in [7, 11) is 2.06. The monoisotopic (exact) mass is 321 g/mol. The fraction of sp³-hybridized carbons (Fsp3) is 0.533. The molecule has 0 spiro atoms. The maximum absolute atomic E-state index is 5.10. The number of guanidine groups is 1. The summed E-state index contributed by atoms with van der Waals surface area (Å²) >= 11 is 1.79. The number of thiophene rings is 1. The number of aryl methyl sites for hydroxylation is 1. The average molecular weight is 321 g/mol. The quantitative estimate of drug-likeness (QED) is 0.625. The number of hydrogen-bond acceptors (Lipinski definition) is 5. The SMILES string of the molecule is CCNC(=NCCc1nc(C)no1)N(C)CCc1cccs1. The van der Waals surface area contributed by atoms with E-state index in [9.17, 15) is 0 Å². The van der Waals surface area contributed by atoms with E-state index in [2.05, 4.69) is 56.8 Å². The van der Waals surface area contributed by atoms with Gasteiger partial charge in [-0.15, -0.1) is 11.3 Å². The molecule has 0 aromatic carbocycles. The third-order valence-electron chi connectivity index (χ3n) is 3.13. The summed E-state index contributed by atoms with van der Waals surface area (Å²) in [6, 6.07) is 4.26. The fourth-order valence-corrected chi connectivity index (χ4v) is 2.71. The molecular weight excluding hydrogens is 298 g/mol. The summed E-state index contributed by atoms with van der Waals surface area (Å²) in [4.78, 5) is 12.4. The Morgan fingerprint density at radius 1 is 1.45 bits per heavy atom. The number of likely N-dealkylation sites (N-methyl/N-ethyl adjacent to an activating group) is 1. The molecular formula is C15H23N5OS. The molecule has 2 heterocycles. The van der Waals surface area contributed by atoms with E-state index in [-0.39, 0.29) is 0 Å². The number of nitrogens with one attached hydrogen (secondary N) is 1. The Kier molecular flexibility index (Phi) is 6.39. The first kappa shape index (κ1) is 16.5. The lowest BCUT2D eigenvalue weighted by Gasteiger charge is -2.21. The van der Waals surface area contributed by atoms with Crippen molar-refractivity contribution in [2.24, 2.45) is 4.99 Å². The van der Waals surface area contributed by atoms with Gasteiger partial charge in [-0.25, -0.2) is 0 Å². The molecule has 0 aliphatic carbocycles. The van der Waals surface area contributed by atoms with Gasteiger partial charge in [0.05, 0.1) is 6.54 Å². The molecule has 0 atom stereocenters. The van der Waals surface area contributed by atoms with Crippen LogP contribution in [0.2, 0.25) is 0 Å². The normalized spacial score (nSPS) is 11.7. The number of rotatable bonds is 7. The van der Waals surface area contributed by atoms with Gasteiger partial charge < -0.3 is 14.7 Å². The van der Waals surface area contributed by atoms with Gasteiger partial charge in [0.1, 0.15) is 0 Å². The van der Waals surface area contributed by atoms with Gasteiger partial charge in [-0.05, 0) is 31.7 Å². The maximum Gasteiger partial charge on any atom is 0.228 e. The molecule has 6 nitrogen and oxygen atoms in total. The van der Waals surface area contributed by atoms with E-state index in [0.717, 1.165) is 25.5 Å². The first-order chi connectivity index (χ1) is 10.7. The molecule has 0 unspecified atom stereocenters. The zero-order valence-corrected chi connectivity index (χ0v) is 14.2. The van der Waals surface area contributed by atoms with Crippen LogP contribution in [0.25, 0.3) is 0 Å². The molecule has 0 aliphatic rings. The molecule has 2 rings (SSSR count). The molecule has 2 aromatic rings. The van der Waals surface area contributed by atoms with Gasteiger partial charge in [0.25, 0.3) is 0 Å². The highest BCUT2D eigenvalue weighted by molar-refractivity contribution is 7.09. The second-order valence-corrected chi connectivity index (χ2v) is 6.00. The molecule has 0 amide bonds. The van der Waals surface area contributed by atoms with E-state index in [1.54, 1.807) is 11.3 Å². The Labute approximate surface area is 135 Å². The van der Waals surface area contributed by atoms with Gasteiger partial charge in [-0.3, -0.25) is 4.99 Å². The van der Waals surface area contributed by atoms with Crippen molar-refractivity contribution in [3.05, 3.63) is 34.1 Å². The fourth-order valence-electron chi connectivity index (χ4n) is 2.01. The van der Waals surface area contributed by atoms with Crippen LogP contribution in [-0.4, -0.2) is 47.7 Å². The van der Waals surface area contributed by atoms with Gasteiger partial charge >= 0.3 is 0 Å². The molecule has 1 N–H and O–H groups in total. The molecule has 0 bridgehead atoms. The van der Waals surface area contributed by atoms with Crippen molar-refractivity contribution in [3.8, 4) is 0 Å². The maximum atomic E-state index is 5.10. The third kappa shape index (κ3) is 5.14. The van der Waals surface area contributed by atoms with Gasteiger partial charge in [0.15, 0.2) is 11.8 Å². The van der Waals surface area contributed by atoms with Gasteiger partial charge in [0, 0.05) is 31.4 Å². The first-order valence-corrected chi connectivity index (χ1v) is 8.38. The Morgan fingerprint density at radius 3 is 2.95 bits per heavy atom. The van der Waals surface area contributed by atoms with E-state index < -0.39 is 0 Å². The number of aromatic nitrogens is 2. The van der Waals surface area contributed by atoms with E-state index >= 15 is 0 Å². The van der Waals surface area contributed by atoms with Crippen LogP contribution in [0, 0.1) is 6.92 Å². The Hall–Kier alpha value is -1.89. The highest BCUT2D eigenvalue weighted by atomic mass is 32.1. The van der Waals surface area contributed by atoms with Crippen LogP contribution in [-0.2, 0) is 12.8 Å². The summed E-state index contributed by atoms with van der Waals surface area (Å²) in [5, 5.41) is 9.21. The highest BCUT2D eigenvalue weighted by Crippen LogP contribution is 2.09.